The number of aromatic nitrogens is 2. The van der Waals surface area contributed by atoms with Gasteiger partial charge in [0.15, 0.2) is 0 Å². The first-order valence-electron chi connectivity index (χ1n) is 8.86. The van der Waals surface area contributed by atoms with Gasteiger partial charge in [-0.2, -0.15) is 0 Å². The molecule has 6 heteroatoms. The van der Waals surface area contributed by atoms with Crippen molar-refractivity contribution in [1.29, 1.82) is 0 Å². The number of amides is 1. The lowest BCUT2D eigenvalue weighted by atomic mass is 9.94. The second-order valence-electron chi connectivity index (χ2n) is 6.83. The molecule has 1 fully saturated rings. The van der Waals surface area contributed by atoms with Crippen molar-refractivity contribution in [3.8, 4) is 0 Å². The number of H-pyrrole nitrogens is 1. The number of hydrogen-bond acceptors (Lipinski definition) is 4. The molecule has 2 aromatic heterocycles. The lowest BCUT2D eigenvalue weighted by Gasteiger charge is -2.37. The number of carbonyl (C=O) groups is 1. The van der Waals surface area contributed by atoms with Gasteiger partial charge in [-0.1, -0.05) is 6.07 Å². The Labute approximate surface area is 146 Å². The highest BCUT2D eigenvalue weighted by molar-refractivity contribution is 5.80. The number of hydrogen-bond donors (Lipinski definition) is 1. The third-order valence-corrected chi connectivity index (χ3v) is 5.17. The number of piperidine rings is 1. The average molecular weight is 338 g/mol. The molecule has 2 aliphatic heterocycles. The quantitative estimate of drug-likeness (QED) is 0.902. The average Bonchev–Trinajstić information content (AvgIpc) is 2.68. The Morgan fingerprint density at radius 1 is 1.24 bits per heavy atom. The largest absolute Gasteiger partial charge is 0.356 e. The molecule has 2 aromatic rings. The van der Waals surface area contributed by atoms with Crippen molar-refractivity contribution in [3.05, 3.63) is 58.1 Å². The number of fused-ring (bicyclic) bond motifs is 1. The maximum absolute atomic E-state index is 13.0. The zero-order chi connectivity index (χ0) is 17.2. The second-order valence-corrected chi connectivity index (χ2v) is 6.83. The molecule has 1 saturated heterocycles. The van der Waals surface area contributed by atoms with Crippen molar-refractivity contribution >= 4 is 11.7 Å². The Balaban J connectivity index is 1.46. The minimum absolute atomic E-state index is 0.0140. The predicted octanol–water partition coefficient (Wildman–Crippen LogP) is 1.57. The predicted molar refractivity (Wildman–Crippen MR) is 95.4 cm³/mol. The van der Waals surface area contributed by atoms with Crippen LogP contribution in [0.1, 0.15) is 24.0 Å². The van der Waals surface area contributed by atoms with Gasteiger partial charge in [-0.05, 0) is 42.5 Å². The van der Waals surface area contributed by atoms with Crippen LogP contribution in [0.3, 0.4) is 0 Å². The molecular weight excluding hydrogens is 316 g/mol. The first-order chi connectivity index (χ1) is 12.2. The lowest BCUT2D eigenvalue weighted by Crippen LogP contribution is -2.46. The van der Waals surface area contributed by atoms with E-state index in [-0.39, 0.29) is 17.4 Å². The molecule has 25 heavy (non-hydrogen) atoms. The number of anilines is 1. The third-order valence-electron chi connectivity index (χ3n) is 5.17. The van der Waals surface area contributed by atoms with Crippen LogP contribution in [0, 0.1) is 5.92 Å². The molecular formula is C19H22N4O2. The van der Waals surface area contributed by atoms with Crippen molar-refractivity contribution in [2.24, 2.45) is 5.92 Å². The Hall–Kier alpha value is -2.63. The van der Waals surface area contributed by atoms with Crippen LogP contribution in [-0.4, -0.2) is 40.4 Å². The summed E-state index contributed by atoms with van der Waals surface area (Å²) < 4.78 is 0. The van der Waals surface area contributed by atoms with E-state index >= 15 is 0 Å². The van der Waals surface area contributed by atoms with Gasteiger partial charge in [0.05, 0.1) is 5.92 Å². The SMILES string of the molecule is O=C(C1CCCN(c2ccccn2)C1)N1CCc2cc(=O)[nH]cc2C1. The molecule has 0 spiro atoms. The molecule has 130 valence electrons. The zero-order valence-corrected chi connectivity index (χ0v) is 14.1. The molecule has 0 radical (unpaired) electrons. The van der Waals surface area contributed by atoms with Gasteiger partial charge in [-0.15, -0.1) is 0 Å². The molecule has 4 rings (SSSR count). The molecule has 1 N–H and O–H groups in total. The first-order valence-corrected chi connectivity index (χ1v) is 8.86. The van der Waals surface area contributed by atoms with Crippen LogP contribution in [-0.2, 0) is 17.8 Å². The molecule has 0 saturated carbocycles. The monoisotopic (exact) mass is 338 g/mol. The summed E-state index contributed by atoms with van der Waals surface area (Å²) in [5.41, 5.74) is 2.04. The van der Waals surface area contributed by atoms with E-state index in [0.717, 1.165) is 49.3 Å². The fourth-order valence-corrected chi connectivity index (χ4v) is 3.84. The Kier molecular flexibility index (Phi) is 4.26. The van der Waals surface area contributed by atoms with Crippen LogP contribution in [0.15, 0.2) is 41.5 Å². The van der Waals surface area contributed by atoms with Gasteiger partial charge in [-0.25, -0.2) is 4.98 Å². The van der Waals surface area contributed by atoms with E-state index < -0.39 is 0 Å². The summed E-state index contributed by atoms with van der Waals surface area (Å²) >= 11 is 0. The molecule has 2 aliphatic rings. The van der Waals surface area contributed by atoms with E-state index in [1.165, 1.54) is 0 Å². The minimum Gasteiger partial charge on any atom is -0.356 e. The molecule has 0 aromatic carbocycles. The van der Waals surface area contributed by atoms with E-state index in [2.05, 4.69) is 14.9 Å². The van der Waals surface area contributed by atoms with E-state index in [4.69, 9.17) is 0 Å². The van der Waals surface area contributed by atoms with E-state index in [9.17, 15) is 9.59 Å². The minimum atomic E-state index is -0.0724. The summed E-state index contributed by atoms with van der Waals surface area (Å²) in [6.07, 6.45) is 6.23. The molecule has 0 aliphatic carbocycles. The van der Waals surface area contributed by atoms with Crippen LogP contribution < -0.4 is 10.5 Å². The van der Waals surface area contributed by atoms with Crippen LogP contribution in [0.4, 0.5) is 5.82 Å². The van der Waals surface area contributed by atoms with Crippen LogP contribution in [0.25, 0.3) is 0 Å². The fourth-order valence-electron chi connectivity index (χ4n) is 3.84. The van der Waals surface area contributed by atoms with Crippen molar-refractivity contribution < 1.29 is 4.79 Å². The summed E-state index contributed by atoms with van der Waals surface area (Å²) in [5, 5.41) is 0. The molecule has 4 heterocycles. The molecule has 0 bridgehead atoms. The number of nitrogens with one attached hydrogen (secondary N) is 1. The second kappa shape index (κ2) is 6.70. The van der Waals surface area contributed by atoms with Gasteiger partial charge in [0.25, 0.3) is 0 Å². The highest BCUT2D eigenvalue weighted by Crippen LogP contribution is 2.25. The number of nitrogens with zero attached hydrogens (tertiary/aromatic N) is 3. The zero-order valence-electron chi connectivity index (χ0n) is 14.1. The number of pyridine rings is 2. The Morgan fingerprint density at radius 3 is 3.00 bits per heavy atom. The maximum atomic E-state index is 13.0. The van der Waals surface area contributed by atoms with E-state index in [1.54, 1.807) is 18.5 Å². The van der Waals surface area contributed by atoms with Gasteiger partial charge in [0.1, 0.15) is 5.82 Å². The lowest BCUT2D eigenvalue weighted by molar-refractivity contribution is -0.136. The van der Waals surface area contributed by atoms with Crippen molar-refractivity contribution in [2.45, 2.75) is 25.8 Å². The standard InChI is InChI=1S/C19H22N4O2/c24-18-10-14-6-9-23(13-16(14)11-21-18)19(25)15-4-3-8-22(12-15)17-5-1-2-7-20-17/h1-2,5,7,10-11,15H,3-4,6,8-9,12-13H2,(H,21,24). The summed E-state index contributed by atoms with van der Waals surface area (Å²) in [6, 6.07) is 7.54. The van der Waals surface area contributed by atoms with Gasteiger partial charge in [0.2, 0.25) is 11.5 Å². The number of carbonyl (C=O) groups excluding carboxylic acids is 1. The van der Waals surface area contributed by atoms with Crippen LogP contribution in [0.2, 0.25) is 0 Å². The normalized spacial score (nSPS) is 20.2. The van der Waals surface area contributed by atoms with E-state index in [0.29, 0.717) is 13.1 Å². The van der Waals surface area contributed by atoms with Crippen LogP contribution >= 0.6 is 0 Å². The topological polar surface area (TPSA) is 69.3 Å². The molecule has 6 nitrogen and oxygen atoms in total. The number of aromatic amines is 1. The van der Waals surface area contributed by atoms with Gasteiger partial charge in [0, 0.05) is 44.6 Å². The van der Waals surface area contributed by atoms with Gasteiger partial charge >= 0.3 is 0 Å². The Morgan fingerprint density at radius 2 is 2.16 bits per heavy atom. The highest BCUT2D eigenvalue weighted by Gasteiger charge is 2.31. The van der Waals surface area contributed by atoms with Crippen molar-refractivity contribution in [2.75, 3.05) is 24.5 Å². The Bertz CT molecular complexity index is 818. The summed E-state index contributed by atoms with van der Waals surface area (Å²) in [4.78, 5) is 35.7. The van der Waals surface area contributed by atoms with Crippen molar-refractivity contribution in [1.82, 2.24) is 14.9 Å². The summed E-state index contributed by atoms with van der Waals surface area (Å²) in [7, 11) is 0. The summed E-state index contributed by atoms with van der Waals surface area (Å²) in [6.45, 7) is 2.95. The smallest absolute Gasteiger partial charge is 0.248 e. The fraction of sp³-hybridized carbons (Fsp3) is 0.421. The van der Waals surface area contributed by atoms with Gasteiger partial charge in [-0.3, -0.25) is 9.59 Å². The van der Waals surface area contributed by atoms with Gasteiger partial charge < -0.3 is 14.8 Å². The van der Waals surface area contributed by atoms with E-state index in [1.807, 2.05) is 23.1 Å². The first kappa shape index (κ1) is 15.9. The maximum Gasteiger partial charge on any atom is 0.248 e. The molecule has 1 atom stereocenters. The number of rotatable bonds is 2. The molecule has 1 amide bonds. The van der Waals surface area contributed by atoms with Crippen molar-refractivity contribution in [3.63, 3.8) is 0 Å². The van der Waals surface area contributed by atoms with Crippen LogP contribution in [0.5, 0.6) is 0 Å². The summed E-state index contributed by atoms with van der Waals surface area (Å²) in [5.74, 6) is 1.18. The molecule has 1 unspecified atom stereocenters. The third kappa shape index (κ3) is 3.29. The highest BCUT2D eigenvalue weighted by atomic mass is 16.2.